The first-order chi connectivity index (χ1) is 10.3. The Labute approximate surface area is 134 Å². The molecular formula is C15H30N2O4S. The van der Waals surface area contributed by atoms with Crippen molar-refractivity contribution in [2.75, 3.05) is 45.7 Å². The number of morpholine rings is 1. The predicted molar refractivity (Wildman–Crippen MR) is 86.3 cm³/mol. The second-order valence-electron chi connectivity index (χ2n) is 7.06. The van der Waals surface area contributed by atoms with Crippen LogP contribution in [0.4, 0.5) is 0 Å². The first-order valence-corrected chi connectivity index (χ1v) is 9.76. The van der Waals surface area contributed by atoms with Gasteiger partial charge in [-0.25, -0.2) is 13.1 Å². The third-order valence-electron chi connectivity index (χ3n) is 5.09. The molecule has 7 heteroatoms. The van der Waals surface area contributed by atoms with Gasteiger partial charge in [0.05, 0.1) is 25.1 Å². The molecule has 22 heavy (non-hydrogen) atoms. The minimum Gasteiger partial charge on any atom is -0.380 e. The largest absolute Gasteiger partial charge is 0.380 e. The average molecular weight is 334 g/mol. The van der Waals surface area contributed by atoms with Gasteiger partial charge < -0.3 is 9.47 Å². The number of nitrogens with zero attached hydrogens (tertiary/aromatic N) is 1. The van der Waals surface area contributed by atoms with Crippen LogP contribution in [0.15, 0.2) is 0 Å². The quantitative estimate of drug-likeness (QED) is 0.742. The highest BCUT2D eigenvalue weighted by Crippen LogP contribution is 2.47. The minimum absolute atomic E-state index is 0.0502. The molecule has 2 rings (SSSR count). The lowest BCUT2D eigenvalue weighted by Gasteiger charge is -2.56. The van der Waals surface area contributed by atoms with E-state index in [-0.39, 0.29) is 29.2 Å². The van der Waals surface area contributed by atoms with Crippen molar-refractivity contribution in [3.05, 3.63) is 0 Å². The molecule has 0 amide bonds. The van der Waals surface area contributed by atoms with E-state index < -0.39 is 10.0 Å². The molecule has 2 fully saturated rings. The van der Waals surface area contributed by atoms with Crippen molar-refractivity contribution < 1.29 is 17.9 Å². The van der Waals surface area contributed by atoms with Gasteiger partial charge in [-0.15, -0.1) is 0 Å². The highest BCUT2D eigenvalue weighted by molar-refractivity contribution is 7.89. The van der Waals surface area contributed by atoms with Gasteiger partial charge >= 0.3 is 0 Å². The molecule has 1 heterocycles. The van der Waals surface area contributed by atoms with Crippen LogP contribution in [-0.2, 0) is 19.5 Å². The number of hydrogen-bond acceptors (Lipinski definition) is 5. The van der Waals surface area contributed by atoms with Crippen molar-refractivity contribution in [1.82, 2.24) is 9.62 Å². The van der Waals surface area contributed by atoms with E-state index in [0.717, 1.165) is 32.8 Å². The Morgan fingerprint density at radius 1 is 1.32 bits per heavy atom. The summed E-state index contributed by atoms with van der Waals surface area (Å²) >= 11 is 0. The SMILES string of the molecule is CO[C@@H]1[C@@H](C)[C@@H](NS(=O)(=O)CCCN2CCOCC2)C1(C)C. The zero-order chi connectivity index (χ0) is 16.4. The van der Waals surface area contributed by atoms with E-state index in [1.54, 1.807) is 7.11 Å². The van der Waals surface area contributed by atoms with Gasteiger partial charge in [0, 0.05) is 31.7 Å². The summed E-state index contributed by atoms with van der Waals surface area (Å²) in [5, 5.41) is 0. The molecule has 6 nitrogen and oxygen atoms in total. The minimum atomic E-state index is -3.24. The highest BCUT2D eigenvalue weighted by atomic mass is 32.2. The maximum Gasteiger partial charge on any atom is 0.211 e. The van der Waals surface area contributed by atoms with Gasteiger partial charge in [0.1, 0.15) is 0 Å². The molecule has 1 saturated heterocycles. The Balaban J connectivity index is 1.79. The summed E-state index contributed by atoms with van der Waals surface area (Å²) in [7, 11) is -1.55. The maximum atomic E-state index is 12.3. The Hall–Kier alpha value is -0.210. The summed E-state index contributed by atoms with van der Waals surface area (Å²) in [5.74, 6) is 0.385. The normalized spacial score (nSPS) is 32.6. The second kappa shape index (κ2) is 7.13. The Morgan fingerprint density at radius 2 is 1.95 bits per heavy atom. The van der Waals surface area contributed by atoms with E-state index in [9.17, 15) is 8.42 Å². The number of hydrogen-bond donors (Lipinski definition) is 1. The van der Waals surface area contributed by atoms with E-state index in [4.69, 9.17) is 9.47 Å². The van der Waals surface area contributed by atoms with Crippen molar-refractivity contribution in [1.29, 1.82) is 0 Å². The molecule has 2 aliphatic rings. The van der Waals surface area contributed by atoms with Crippen molar-refractivity contribution in [3.8, 4) is 0 Å². The second-order valence-corrected chi connectivity index (χ2v) is 8.93. The third kappa shape index (κ3) is 4.00. The summed E-state index contributed by atoms with van der Waals surface area (Å²) in [4.78, 5) is 2.26. The van der Waals surface area contributed by atoms with Gasteiger partial charge in [0.15, 0.2) is 0 Å². The molecule has 0 bridgehead atoms. The number of ether oxygens (including phenoxy) is 2. The van der Waals surface area contributed by atoms with Crippen LogP contribution >= 0.6 is 0 Å². The van der Waals surface area contributed by atoms with Gasteiger partial charge in [0.2, 0.25) is 10.0 Å². The van der Waals surface area contributed by atoms with Gasteiger partial charge in [-0.1, -0.05) is 20.8 Å². The van der Waals surface area contributed by atoms with Gasteiger partial charge in [-0.05, 0) is 18.9 Å². The van der Waals surface area contributed by atoms with Gasteiger partial charge in [-0.3, -0.25) is 4.90 Å². The fraction of sp³-hybridized carbons (Fsp3) is 1.00. The maximum absolute atomic E-state index is 12.3. The molecule has 130 valence electrons. The summed E-state index contributed by atoms with van der Waals surface area (Å²) < 4.78 is 38.3. The molecule has 1 aliphatic carbocycles. The van der Waals surface area contributed by atoms with Crippen LogP contribution in [-0.4, -0.2) is 71.2 Å². The van der Waals surface area contributed by atoms with E-state index >= 15 is 0 Å². The monoisotopic (exact) mass is 334 g/mol. The number of sulfonamides is 1. The van der Waals surface area contributed by atoms with Crippen LogP contribution in [0.3, 0.4) is 0 Å². The highest BCUT2D eigenvalue weighted by Gasteiger charge is 2.55. The van der Waals surface area contributed by atoms with Crippen LogP contribution in [0.5, 0.6) is 0 Å². The number of methoxy groups -OCH3 is 1. The summed E-state index contributed by atoms with van der Waals surface area (Å²) in [6.07, 6.45) is 0.762. The van der Waals surface area contributed by atoms with E-state index in [1.165, 1.54) is 0 Å². The summed E-state index contributed by atoms with van der Waals surface area (Å²) in [5.41, 5.74) is -0.161. The van der Waals surface area contributed by atoms with E-state index in [1.807, 2.05) is 6.92 Å². The molecule has 1 aliphatic heterocycles. The lowest BCUT2D eigenvalue weighted by molar-refractivity contribution is -0.138. The van der Waals surface area contributed by atoms with Crippen LogP contribution < -0.4 is 4.72 Å². The first kappa shape index (κ1) is 18.1. The summed E-state index contributed by atoms with van der Waals surface area (Å²) in [6, 6.07) is -0.0502. The van der Waals surface area contributed by atoms with Crippen LogP contribution in [0.1, 0.15) is 27.2 Å². The fourth-order valence-corrected chi connectivity index (χ4v) is 5.45. The number of rotatable bonds is 7. The summed E-state index contributed by atoms with van der Waals surface area (Å²) in [6.45, 7) is 10.3. The number of nitrogens with one attached hydrogen (secondary N) is 1. The smallest absolute Gasteiger partial charge is 0.211 e. The molecule has 0 aromatic carbocycles. The van der Waals surface area contributed by atoms with Gasteiger partial charge in [0.25, 0.3) is 0 Å². The average Bonchev–Trinajstić information content (AvgIpc) is 2.46. The molecule has 0 aromatic heterocycles. The molecule has 3 atom stereocenters. The van der Waals surface area contributed by atoms with Crippen LogP contribution in [0, 0.1) is 11.3 Å². The van der Waals surface area contributed by atoms with E-state index in [2.05, 4.69) is 23.5 Å². The van der Waals surface area contributed by atoms with Crippen molar-refractivity contribution >= 4 is 10.0 Å². The fourth-order valence-electron chi connectivity index (χ4n) is 3.92. The topological polar surface area (TPSA) is 67.9 Å². The molecule has 1 saturated carbocycles. The molecule has 0 unspecified atom stereocenters. The van der Waals surface area contributed by atoms with Crippen molar-refractivity contribution in [2.45, 2.75) is 39.3 Å². The Kier molecular flexibility index (Phi) is 5.88. The zero-order valence-electron chi connectivity index (χ0n) is 14.2. The first-order valence-electron chi connectivity index (χ1n) is 8.11. The Morgan fingerprint density at radius 3 is 2.50 bits per heavy atom. The van der Waals surface area contributed by atoms with Crippen LogP contribution in [0.2, 0.25) is 0 Å². The zero-order valence-corrected chi connectivity index (χ0v) is 15.0. The molecule has 0 radical (unpaired) electrons. The van der Waals surface area contributed by atoms with Gasteiger partial charge in [-0.2, -0.15) is 0 Å². The molecule has 0 aromatic rings. The third-order valence-corrected chi connectivity index (χ3v) is 6.53. The van der Waals surface area contributed by atoms with Crippen LogP contribution in [0.25, 0.3) is 0 Å². The Bertz CT molecular complexity index is 460. The van der Waals surface area contributed by atoms with E-state index in [0.29, 0.717) is 6.42 Å². The predicted octanol–water partition coefficient (Wildman–Crippen LogP) is 0.688. The lowest BCUT2D eigenvalue weighted by atomic mass is 9.58. The molecule has 0 spiro atoms. The van der Waals surface area contributed by atoms with Crippen molar-refractivity contribution in [2.24, 2.45) is 11.3 Å². The molecular weight excluding hydrogens is 304 g/mol. The standard InChI is InChI=1S/C15H30N2O4S/c1-12-13(15(2,3)14(12)20-4)16-22(18,19)11-5-6-17-7-9-21-10-8-17/h12-14,16H,5-11H2,1-4H3/t12-,13+,14+/m0/s1. The molecule has 1 N–H and O–H groups in total. The lowest BCUT2D eigenvalue weighted by Crippen LogP contribution is -2.68. The van der Waals surface area contributed by atoms with Crippen molar-refractivity contribution in [3.63, 3.8) is 0 Å².